The Kier molecular flexibility index (Phi) is 7.50. The number of aryl methyl sites for hydroxylation is 2. The van der Waals surface area contributed by atoms with Crippen molar-refractivity contribution >= 4 is 40.5 Å². The van der Waals surface area contributed by atoms with Crippen molar-refractivity contribution in [1.82, 2.24) is 9.97 Å². The van der Waals surface area contributed by atoms with Crippen LogP contribution in [-0.4, -0.2) is 30.2 Å². The SMILES string of the molecule is COc1cc(NC(=O)Nc2ccc(Nc3nc(C)cc(Nc4ccc(C)cc4)n3)cc2)cc(OC)c1. The molecule has 3 aromatic carbocycles. The maximum Gasteiger partial charge on any atom is 0.323 e. The van der Waals surface area contributed by atoms with Gasteiger partial charge in [-0.2, -0.15) is 4.98 Å². The highest BCUT2D eigenvalue weighted by Crippen LogP contribution is 2.26. The number of hydrogen-bond donors (Lipinski definition) is 4. The van der Waals surface area contributed by atoms with Crippen molar-refractivity contribution in [2.24, 2.45) is 0 Å². The number of rotatable bonds is 8. The second-order valence-electron chi connectivity index (χ2n) is 8.09. The average Bonchev–Trinajstić information content (AvgIpc) is 2.86. The molecule has 0 aliphatic rings. The molecule has 4 rings (SSSR count). The Bertz CT molecular complexity index is 1320. The van der Waals surface area contributed by atoms with Gasteiger partial charge in [0.1, 0.15) is 17.3 Å². The predicted molar refractivity (Wildman–Crippen MR) is 143 cm³/mol. The van der Waals surface area contributed by atoms with Crippen LogP contribution >= 0.6 is 0 Å². The Morgan fingerprint density at radius 3 is 1.86 bits per heavy atom. The number of urea groups is 1. The maximum atomic E-state index is 12.5. The van der Waals surface area contributed by atoms with E-state index < -0.39 is 0 Å². The minimum Gasteiger partial charge on any atom is -0.497 e. The van der Waals surface area contributed by atoms with Gasteiger partial charge in [0.2, 0.25) is 5.95 Å². The number of benzene rings is 3. The molecule has 4 aromatic rings. The van der Waals surface area contributed by atoms with Gasteiger partial charge < -0.3 is 30.7 Å². The van der Waals surface area contributed by atoms with Gasteiger partial charge >= 0.3 is 6.03 Å². The second-order valence-corrected chi connectivity index (χ2v) is 8.09. The molecular formula is C27H28N6O3. The van der Waals surface area contributed by atoms with Gasteiger partial charge in [0.05, 0.1) is 14.2 Å². The lowest BCUT2D eigenvalue weighted by molar-refractivity contribution is 0.262. The van der Waals surface area contributed by atoms with Gasteiger partial charge in [-0.15, -0.1) is 0 Å². The summed E-state index contributed by atoms with van der Waals surface area (Å²) >= 11 is 0. The minimum absolute atomic E-state index is 0.389. The lowest BCUT2D eigenvalue weighted by Gasteiger charge is -2.12. The number of carbonyl (C=O) groups excluding carboxylic acids is 1. The number of methoxy groups -OCH3 is 2. The molecule has 2 amide bonds. The van der Waals surface area contributed by atoms with Crippen LogP contribution in [0.5, 0.6) is 11.5 Å². The summed E-state index contributed by atoms with van der Waals surface area (Å²) in [4.78, 5) is 21.5. The Hall–Kier alpha value is -4.79. The van der Waals surface area contributed by atoms with Crippen LogP contribution in [0, 0.1) is 13.8 Å². The molecule has 1 aromatic heterocycles. The van der Waals surface area contributed by atoms with Crippen LogP contribution in [0.1, 0.15) is 11.3 Å². The first kappa shape index (κ1) is 24.3. The van der Waals surface area contributed by atoms with Crippen molar-refractivity contribution in [2.45, 2.75) is 13.8 Å². The van der Waals surface area contributed by atoms with Gasteiger partial charge in [-0.3, -0.25) is 0 Å². The number of anilines is 6. The van der Waals surface area contributed by atoms with Crippen LogP contribution in [0.15, 0.2) is 72.8 Å². The topological polar surface area (TPSA) is 109 Å². The molecule has 0 atom stereocenters. The van der Waals surface area contributed by atoms with Gasteiger partial charge in [-0.05, 0) is 50.2 Å². The number of hydrogen-bond acceptors (Lipinski definition) is 7. The molecule has 36 heavy (non-hydrogen) atoms. The number of amides is 2. The number of nitrogens with one attached hydrogen (secondary N) is 4. The normalized spacial score (nSPS) is 10.3. The van der Waals surface area contributed by atoms with Crippen molar-refractivity contribution in [3.8, 4) is 11.5 Å². The highest BCUT2D eigenvalue weighted by molar-refractivity contribution is 6.00. The third-order valence-electron chi connectivity index (χ3n) is 5.19. The molecule has 0 unspecified atom stereocenters. The predicted octanol–water partition coefficient (Wildman–Crippen LogP) is 6.24. The van der Waals surface area contributed by atoms with Crippen LogP contribution < -0.4 is 30.7 Å². The van der Waals surface area contributed by atoms with E-state index in [9.17, 15) is 4.79 Å². The number of aromatic nitrogens is 2. The van der Waals surface area contributed by atoms with E-state index in [2.05, 4.69) is 31.2 Å². The first-order valence-corrected chi connectivity index (χ1v) is 11.3. The molecule has 1 heterocycles. The van der Waals surface area contributed by atoms with Crippen molar-refractivity contribution in [1.29, 1.82) is 0 Å². The zero-order valence-electron chi connectivity index (χ0n) is 20.5. The van der Waals surface area contributed by atoms with E-state index in [1.54, 1.807) is 44.6 Å². The summed E-state index contributed by atoms with van der Waals surface area (Å²) in [5.41, 5.74) is 4.92. The summed E-state index contributed by atoms with van der Waals surface area (Å²) in [6.45, 7) is 3.96. The van der Waals surface area contributed by atoms with Gasteiger partial charge in [0, 0.05) is 52.7 Å². The van der Waals surface area contributed by atoms with E-state index in [1.807, 2.05) is 56.3 Å². The molecule has 0 saturated heterocycles. The molecule has 4 N–H and O–H groups in total. The minimum atomic E-state index is -0.389. The van der Waals surface area contributed by atoms with E-state index in [-0.39, 0.29) is 6.03 Å². The van der Waals surface area contributed by atoms with Crippen LogP contribution in [0.4, 0.5) is 39.3 Å². The summed E-state index contributed by atoms with van der Waals surface area (Å²) in [7, 11) is 3.11. The molecule has 0 bridgehead atoms. The average molecular weight is 485 g/mol. The number of ether oxygens (including phenoxy) is 2. The fourth-order valence-electron chi connectivity index (χ4n) is 3.41. The third-order valence-corrected chi connectivity index (χ3v) is 5.19. The monoisotopic (exact) mass is 484 g/mol. The molecule has 0 aliphatic carbocycles. The summed E-state index contributed by atoms with van der Waals surface area (Å²) in [6.07, 6.45) is 0. The third kappa shape index (κ3) is 6.63. The Labute approximate surface area is 209 Å². The quantitative estimate of drug-likeness (QED) is 0.234. The van der Waals surface area contributed by atoms with E-state index >= 15 is 0 Å². The molecule has 0 fully saturated rings. The highest BCUT2D eigenvalue weighted by Gasteiger charge is 2.08. The van der Waals surface area contributed by atoms with Gasteiger partial charge in [-0.25, -0.2) is 9.78 Å². The molecule has 9 nitrogen and oxygen atoms in total. The van der Waals surface area contributed by atoms with Crippen LogP contribution in [0.25, 0.3) is 0 Å². The lowest BCUT2D eigenvalue weighted by atomic mass is 10.2. The number of nitrogens with zero attached hydrogens (tertiary/aromatic N) is 2. The standard InChI is InChI=1S/C27H28N6O3/c1-17-5-7-19(8-6-17)29-25-13-18(2)28-26(33-25)30-20-9-11-21(12-10-20)31-27(34)32-22-14-23(35-3)16-24(15-22)36-4/h5-16H,1-4H3,(H2,31,32,34)(H2,28,29,30,33). The molecular weight excluding hydrogens is 456 g/mol. The molecule has 0 spiro atoms. The summed E-state index contributed by atoms with van der Waals surface area (Å²) in [6, 6.07) is 22.0. The number of carbonyl (C=O) groups is 1. The highest BCUT2D eigenvalue weighted by atomic mass is 16.5. The van der Waals surface area contributed by atoms with Gasteiger partial charge in [0.15, 0.2) is 0 Å². The summed E-state index contributed by atoms with van der Waals surface area (Å²) in [5.74, 6) is 2.32. The van der Waals surface area contributed by atoms with Crippen LogP contribution in [-0.2, 0) is 0 Å². The van der Waals surface area contributed by atoms with Gasteiger partial charge in [0.25, 0.3) is 0 Å². The fraction of sp³-hybridized carbons (Fsp3) is 0.148. The van der Waals surface area contributed by atoms with Crippen molar-refractivity contribution in [3.63, 3.8) is 0 Å². The maximum absolute atomic E-state index is 12.5. The van der Waals surface area contributed by atoms with Crippen molar-refractivity contribution in [3.05, 3.63) is 84.1 Å². The molecule has 0 aliphatic heterocycles. The summed E-state index contributed by atoms with van der Waals surface area (Å²) in [5, 5.41) is 12.1. The zero-order chi connectivity index (χ0) is 25.5. The van der Waals surface area contributed by atoms with Crippen molar-refractivity contribution in [2.75, 3.05) is 35.5 Å². The first-order valence-electron chi connectivity index (χ1n) is 11.3. The second kappa shape index (κ2) is 11.1. The Morgan fingerprint density at radius 1 is 0.667 bits per heavy atom. The zero-order valence-corrected chi connectivity index (χ0v) is 20.5. The molecule has 0 saturated carbocycles. The molecule has 184 valence electrons. The van der Waals surface area contributed by atoms with Crippen LogP contribution in [0.2, 0.25) is 0 Å². The fourth-order valence-corrected chi connectivity index (χ4v) is 3.41. The Balaban J connectivity index is 1.38. The smallest absolute Gasteiger partial charge is 0.323 e. The summed E-state index contributed by atoms with van der Waals surface area (Å²) < 4.78 is 10.5. The van der Waals surface area contributed by atoms with Crippen LogP contribution in [0.3, 0.4) is 0 Å². The molecule has 0 radical (unpaired) electrons. The van der Waals surface area contributed by atoms with Gasteiger partial charge in [-0.1, -0.05) is 17.7 Å². The first-order chi connectivity index (χ1) is 17.4. The van der Waals surface area contributed by atoms with E-state index in [1.165, 1.54) is 5.56 Å². The van der Waals surface area contributed by atoms with Crippen molar-refractivity contribution < 1.29 is 14.3 Å². The van der Waals surface area contributed by atoms with E-state index in [4.69, 9.17) is 9.47 Å². The largest absolute Gasteiger partial charge is 0.497 e. The van der Waals surface area contributed by atoms with E-state index in [0.29, 0.717) is 34.6 Å². The molecule has 9 heteroatoms. The Morgan fingerprint density at radius 2 is 1.22 bits per heavy atom. The van der Waals surface area contributed by atoms with E-state index in [0.717, 1.165) is 17.1 Å². The lowest BCUT2D eigenvalue weighted by Crippen LogP contribution is -2.19.